The molecule has 1 unspecified atom stereocenters. The normalized spacial score (nSPS) is 22.7. The van der Waals surface area contributed by atoms with Crippen LogP contribution < -0.4 is 5.73 Å². The van der Waals surface area contributed by atoms with Crippen LogP contribution in [0.4, 0.5) is 5.69 Å². The fourth-order valence-corrected chi connectivity index (χ4v) is 4.51. The molecule has 4 heterocycles. The van der Waals surface area contributed by atoms with Gasteiger partial charge in [-0.2, -0.15) is 0 Å². The lowest BCUT2D eigenvalue weighted by molar-refractivity contribution is 0.0577. The molecule has 2 N–H and O–H groups in total. The van der Waals surface area contributed by atoms with Crippen molar-refractivity contribution in [1.29, 1.82) is 0 Å². The van der Waals surface area contributed by atoms with Gasteiger partial charge < -0.3 is 10.6 Å². The van der Waals surface area contributed by atoms with Crippen LogP contribution in [-0.2, 0) is 0 Å². The molecular weight excluding hydrogens is 284 g/mol. The predicted octanol–water partition coefficient (Wildman–Crippen LogP) is 1.80. The zero-order valence-corrected chi connectivity index (χ0v) is 12.6. The Kier molecular flexibility index (Phi) is 3.08. The van der Waals surface area contributed by atoms with E-state index in [1.54, 1.807) is 12.4 Å². The van der Waals surface area contributed by atoms with Gasteiger partial charge in [0.15, 0.2) is 0 Å². The van der Waals surface area contributed by atoms with Gasteiger partial charge >= 0.3 is 0 Å². The molecule has 2 aliphatic heterocycles. The van der Waals surface area contributed by atoms with E-state index in [1.165, 1.54) is 30.7 Å². The lowest BCUT2D eigenvalue weighted by atomic mass is 10.1. The number of pyridine rings is 1. The molecule has 2 aromatic rings. The summed E-state index contributed by atoms with van der Waals surface area (Å²) < 4.78 is 0.984. The number of aromatic nitrogens is 1. The number of rotatable bonds is 1. The van der Waals surface area contributed by atoms with Gasteiger partial charge in [0, 0.05) is 43.5 Å². The summed E-state index contributed by atoms with van der Waals surface area (Å²) in [4.78, 5) is 22.0. The second-order valence-electron chi connectivity index (χ2n) is 5.80. The van der Waals surface area contributed by atoms with Crippen molar-refractivity contribution in [3.63, 3.8) is 0 Å². The van der Waals surface area contributed by atoms with Crippen LogP contribution in [0.2, 0.25) is 0 Å². The molecule has 110 valence electrons. The molecule has 21 heavy (non-hydrogen) atoms. The molecule has 2 fully saturated rings. The quantitative estimate of drug-likeness (QED) is 0.872. The summed E-state index contributed by atoms with van der Waals surface area (Å²) in [7, 11) is 0. The average molecular weight is 302 g/mol. The number of nitrogen functional groups attached to an aromatic ring is 1. The van der Waals surface area contributed by atoms with Gasteiger partial charge in [-0.1, -0.05) is 0 Å². The number of nitrogens with two attached hydrogens (primary N) is 1. The highest BCUT2D eigenvalue weighted by Crippen LogP contribution is 2.34. The molecule has 0 radical (unpaired) electrons. The number of anilines is 1. The minimum atomic E-state index is 0.0836. The van der Waals surface area contributed by atoms with Gasteiger partial charge in [-0.3, -0.25) is 14.7 Å². The highest BCUT2D eigenvalue weighted by molar-refractivity contribution is 7.21. The number of carbonyl (C=O) groups excluding carboxylic acids is 1. The molecule has 0 bridgehead atoms. The fraction of sp³-hybridized carbons (Fsp3) is 0.467. The first kappa shape index (κ1) is 13.0. The first-order valence-electron chi connectivity index (χ1n) is 7.39. The Hall–Kier alpha value is -1.66. The van der Waals surface area contributed by atoms with Gasteiger partial charge in [0.2, 0.25) is 0 Å². The van der Waals surface area contributed by atoms with Gasteiger partial charge in [-0.05, 0) is 25.5 Å². The second kappa shape index (κ2) is 4.96. The zero-order chi connectivity index (χ0) is 14.4. The summed E-state index contributed by atoms with van der Waals surface area (Å²) in [6.07, 6.45) is 5.96. The summed E-state index contributed by atoms with van der Waals surface area (Å²) in [5.74, 6) is 0.0836. The van der Waals surface area contributed by atoms with Crippen molar-refractivity contribution in [3.8, 4) is 0 Å². The summed E-state index contributed by atoms with van der Waals surface area (Å²) in [6.45, 7) is 3.82. The minimum absolute atomic E-state index is 0.0836. The van der Waals surface area contributed by atoms with E-state index < -0.39 is 0 Å². The van der Waals surface area contributed by atoms with Crippen molar-refractivity contribution < 1.29 is 4.79 Å². The van der Waals surface area contributed by atoms with E-state index in [1.807, 2.05) is 11.0 Å². The Morgan fingerprint density at radius 1 is 1.38 bits per heavy atom. The highest BCUT2D eigenvalue weighted by Gasteiger charge is 2.33. The molecule has 0 aliphatic carbocycles. The van der Waals surface area contributed by atoms with E-state index in [0.717, 1.165) is 29.7 Å². The van der Waals surface area contributed by atoms with E-state index in [-0.39, 0.29) is 5.91 Å². The fourth-order valence-electron chi connectivity index (χ4n) is 3.45. The molecule has 6 heteroatoms. The van der Waals surface area contributed by atoms with Gasteiger partial charge in [0.1, 0.15) is 4.88 Å². The van der Waals surface area contributed by atoms with Gasteiger partial charge in [0.05, 0.1) is 10.4 Å². The summed E-state index contributed by atoms with van der Waals surface area (Å²) in [6, 6.07) is 2.42. The third kappa shape index (κ3) is 2.10. The Morgan fingerprint density at radius 3 is 3.14 bits per heavy atom. The standard InChI is InChI=1S/C15H18N4OS/c16-13-11-3-4-17-8-12(11)21-14(13)15(20)19-7-6-18-5-1-2-10(18)9-19/h3-4,8,10H,1-2,5-7,9,16H2. The molecule has 2 aromatic heterocycles. The van der Waals surface area contributed by atoms with E-state index in [9.17, 15) is 4.79 Å². The van der Waals surface area contributed by atoms with E-state index in [4.69, 9.17) is 5.73 Å². The summed E-state index contributed by atoms with van der Waals surface area (Å²) >= 11 is 1.46. The molecule has 2 saturated heterocycles. The number of fused-ring (bicyclic) bond motifs is 2. The number of nitrogens with zero attached hydrogens (tertiary/aromatic N) is 3. The van der Waals surface area contributed by atoms with Gasteiger partial charge in [-0.25, -0.2) is 0 Å². The largest absolute Gasteiger partial charge is 0.397 e. The highest BCUT2D eigenvalue weighted by atomic mass is 32.1. The number of piperazine rings is 1. The minimum Gasteiger partial charge on any atom is -0.397 e. The first-order valence-corrected chi connectivity index (χ1v) is 8.21. The van der Waals surface area contributed by atoms with Crippen molar-refractivity contribution in [2.24, 2.45) is 0 Å². The maximum Gasteiger partial charge on any atom is 0.266 e. The number of amides is 1. The summed E-state index contributed by atoms with van der Waals surface area (Å²) in [5, 5.41) is 0.942. The van der Waals surface area contributed by atoms with Crippen LogP contribution in [0.15, 0.2) is 18.5 Å². The van der Waals surface area contributed by atoms with Crippen molar-refractivity contribution >= 4 is 33.0 Å². The third-order valence-electron chi connectivity index (χ3n) is 4.60. The number of thiophene rings is 1. The molecule has 0 spiro atoms. The molecule has 2 aliphatic rings. The van der Waals surface area contributed by atoms with Crippen molar-refractivity contribution in [3.05, 3.63) is 23.3 Å². The van der Waals surface area contributed by atoms with Gasteiger partial charge in [-0.15, -0.1) is 11.3 Å². The molecule has 1 atom stereocenters. The van der Waals surface area contributed by atoms with Crippen LogP contribution in [0.25, 0.3) is 10.1 Å². The first-order chi connectivity index (χ1) is 10.2. The van der Waals surface area contributed by atoms with E-state index in [0.29, 0.717) is 16.6 Å². The molecule has 0 saturated carbocycles. The number of carbonyl (C=O) groups is 1. The van der Waals surface area contributed by atoms with Crippen LogP contribution in [0.3, 0.4) is 0 Å². The van der Waals surface area contributed by atoms with Crippen molar-refractivity contribution in [1.82, 2.24) is 14.8 Å². The van der Waals surface area contributed by atoms with Crippen LogP contribution in [0, 0.1) is 0 Å². The molecule has 0 aromatic carbocycles. The maximum absolute atomic E-state index is 12.8. The Bertz CT molecular complexity index is 698. The lowest BCUT2D eigenvalue weighted by Crippen LogP contribution is -2.52. The molecular formula is C15H18N4OS. The number of hydrogen-bond donors (Lipinski definition) is 1. The predicted molar refractivity (Wildman–Crippen MR) is 84.5 cm³/mol. The Morgan fingerprint density at radius 2 is 2.29 bits per heavy atom. The third-order valence-corrected chi connectivity index (χ3v) is 5.74. The average Bonchev–Trinajstić information content (AvgIpc) is 3.11. The smallest absolute Gasteiger partial charge is 0.266 e. The van der Waals surface area contributed by atoms with Crippen molar-refractivity contribution in [2.45, 2.75) is 18.9 Å². The van der Waals surface area contributed by atoms with Crippen LogP contribution in [0.1, 0.15) is 22.5 Å². The van der Waals surface area contributed by atoms with Crippen molar-refractivity contribution in [2.75, 3.05) is 31.9 Å². The van der Waals surface area contributed by atoms with E-state index >= 15 is 0 Å². The number of hydrogen-bond acceptors (Lipinski definition) is 5. The summed E-state index contributed by atoms with van der Waals surface area (Å²) in [5.41, 5.74) is 6.79. The zero-order valence-electron chi connectivity index (χ0n) is 11.8. The van der Waals surface area contributed by atoms with Crippen LogP contribution in [-0.4, -0.2) is 52.9 Å². The Labute approximate surface area is 127 Å². The molecule has 5 nitrogen and oxygen atoms in total. The topological polar surface area (TPSA) is 62.5 Å². The van der Waals surface area contributed by atoms with Crippen LogP contribution >= 0.6 is 11.3 Å². The second-order valence-corrected chi connectivity index (χ2v) is 6.85. The monoisotopic (exact) mass is 302 g/mol. The molecule has 1 amide bonds. The lowest BCUT2D eigenvalue weighted by Gasteiger charge is -2.37. The molecule has 4 rings (SSSR count). The van der Waals surface area contributed by atoms with E-state index in [2.05, 4.69) is 9.88 Å². The van der Waals surface area contributed by atoms with Crippen LogP contribution in [0.5, 0.6) is 0 Å². The Balaban J connectivity index is 1.62. The maximum atomic E-state index is 12.8. The van der Waals surface area contributed by atoms with Gasteiger partial charge in [0.25, 0.3) is 5.91 Å². The SMILES string of the molecule is Nc1c(C(=O)N2CCN3CCCC3C2)sc2cnccc12.